The van der Waals surface area contributed by atoms with Gasteiger partial charge in [-0.25, -0.2) is 0 Å². The minimum Gasteiger partial charge on any atom is -0.496 e. The highest BCUT2D eigenvalue weighted by Gasteiger charge is 2.02. The molecule has 0 aliphatic rings. The van der Waals surface area contributed by atoms with E-state index in [-0.39, 0.29) is 0 Å². The lowest BCUT2D eigenvalue weighted by molar-refractivity contribution is 0.112. The fourth-order valence-electron chi connectivity index (χ4n) is 0.983. The third kappa shape index (κ3) is 1.40. The van der Waals surface area contributed by atoms with Crippen molar-refractivity contribution in [1.29, 1.82) is 0 Å². The van der Waals surface area contributed by atoms with E-state index in [0.717, 1.165) is 11.8 Å². The number of carbonyl (C=O) groups excluding carboxylic acids is 1. The van der Waals surface area contributed by atoms with E-state index >= 15 is 0 Å². The molecule has 0 aromatic heterocycles. The summed E-state index contributed by atoms with van der Waals surface area (Å²) in [4.78, 5) is 10.5. The van der Waals surface area contributed by atoms with Gasteiger partial charge in [-0.2, -0.15) is 0 Å². The first-order valence-electron chi connectivity index (χ1n) is 3.38. The summed E-state index contributed by atoms with van der Waals surface area (Å²) in [6.45, 7) is 1.88. The van der Waals surface area contributed by atoms with Crippen molar-refractivity contribution in [3.8, 4) is 5.75 Å². The van der Waals surface area contributed by atoms with E-state index in [4.69, 9.17) is 4.74 Å². The Morgan fingerprint density at radius 2 is 2.18 bits per heavy atom. The molecule has 1 aromatic rings. The molecule has 0 N–H and O–H groups in total. The lowest BCUT2D eigenvalue weighted by atomic mass is 10.1. The minimum atomic E-state index is 0.634. The molecule has 58 valence electrons. The van der Waals surface area contributed by atoms with Crippen LogP contribution < -0.4 is 4.74 Å². The Balaban J connectivity index is 3.24. The summed E-state index contributed by atoms with van der Waals surface area (Å²) in [5.74, 6) is 0.639. The van der Waals surface area contributed by atoms with E-state index < -0.39 is 0 Å². The first-order chi connectivity index (χ1) is 5.29. The molecule has 1 rings (SSSR count). The van der Waals surface area contributed by atoms with E-state index in [1.54, 1.807) is 13.2 Å². The molecular formula is C9H10O2. The quantitative estimate of drug-likeness (QED) is 0.601. The molecule has 1 aromatic carbocycles. The zero-order chi connectivity index (χ0) is 8.27. The summed E-state index contributed by atoms with van der Waals surface area (Å²) in [5, 5.41) is 0. The fourth-order valence-corrected chi connectivity index (χ4v) is 0.983. The van der Waals surface area contributed by atoms with Crippen molar-refractivity contribution >= 4 is 6.29 Å². The normalized spacial score (nSPS) is 9.27. The van der Waals surface area contributed by atoms with Gasteiger partial charge in [0.25, 0.3) is 0 Å². The van der Waals surface area contributed by atoms with Crippen molar-refractivity contribution in [3.63, 3.8) is 0 Å². The second kappa shape index (κ2) is 3.19. The maximum absolute atomic E-state index is 10.5. The molecular weight excluding hydrogens is 140 g/mol. The van der Waals surface area contributed by atoms with Gasteiger partial charge in [-0.1, -0.05) is 12.1 Å². The van der Waals surface area contributed by atoms with Crippen LogP contribution in [0.1, 0.15) is 15.9 Å². The maximum Gasteiger partial charge on any atom is 0.154 e. The molecule has 0 unspecified atom stereocenters. The van der Waals surface area contributed by atoms with Gasteiger partial charge in [0.1, 0.15) is 5.75 Å². The smallest absolute Gasteiger partial charge is 0.154 e. The molecule has 2 heteroatoms. The van der Waals surface area contributed by atoms with Gasteiger partial charge in [0.2, 0.25) is 0 Å². The number of aldehydes is 1. The monoisotopic (exact) mass is 150 g/mol. The highest BCUT2D eigenvalue weighted by Crippen LogP contribution is 2.18. The van der Waals surface area contributed by atoms with Crippen LogP contribution in [0.4, 0.5) is 0 Å². The van der Waals surface area contributed by atoms with Crippen LogP contribution in [0.15, 0.2) is 18.2 Å². The van der Waals surface area contributed by atoms with Gasteiger partial charge in [-0.3, -0.25) is 4.79 Å². The van der Waals surface area contributed by atoms with Crippen molar-refractivity contribution < 1.29 is 9.53 Å². The van der Waals surface area contributed by atoms with Crippen LogP contribution in [0.25, 0.3) is 0 Å². The largest absolute Gasteiger partial charge is 0.496 e. The van der Waals surface area contributed by atoms with Crippen LogP contribution in [-0.2, 0) is 0 Å². The molecule has 11 heavy (non-hydrogen) atoms. The zero-order valence-corrected chi connectivity index (χ0v) is 6.63. The molecule has 0 heterocycles. The summed E-state index contributed by atoms with van der Waals surface area (Å²) in [6, 6.07) is 5.52. The molecule has 0 radical (unpaired) electrons. The summed E-state index contributed by atoms with van der Waals surface area (Å²) in [5.41, 5.74) is 1.58. The van der Waals surface area contributed by atoms with E-state index in [1.807, 2.05) is 19.1 Å². The number of aryl methyl sites for hydroxylation is 1. The first kappa shape index (κ1) is 7.79. The fraction of sp³-hybridized carbons (Fsp3) is 0.222. The van der Waals surface area contributed by atoms with Gasteiger partial charge >= 0.3 is 0 Å². The summed E-state index contributed by atoms with van der Waals surface area (Å²) in [7, 11) is 1.56. The van der Waals surface area contributed by atoms with Crippen molar-refractivity contribution in [2.24, 2.45) is 0 Å². The molecule has 0 aliphatic carbocycles. The van der Waals surface area contributed by atoms with E-state index in [2.05, 4.69) is 0 Å². The molecule has 0 amide bonds. The Labute approximate surface area is 65.8 Å². The SMILES string of the molecule is COc1cccc(C)c1C=O. The Morgan fingerprint density at radius 3 is 2.64 bits per heavy atom. The molecule has 0 bridgehead atoms. The summed E-state index contributed by atoms with van der Waals surface area (Å²) >= 11 is 0. The first-order valence-corrected chi connectivity index (χ1v) is 3.38. The van der Waals surface area contributed by atoms with Crippen LogP contribution in [0, 0.1) is 6.92 Å². The van der Waals surface area contributed by atoms with Gasteiger partial charge in [-0.15, -0.1) is 0 Å². The Kier molecular flexibility index (Phi) is 2.26. The highest BCUT2D eigenvalue weighted by atomic mass is 16.5. The van der Waals surface area contributed by atoms with Crippen molar-refractivity contribution in [1.82, 2.24) is 0 Å². The number of methoxy groups -OCH3 is 1. The van der Waals surface area contributed by atoms with Crippen LogP contribution in [-0.4, -0.2) is 13.4 Å². The van der Waals surface area contributed by atoms with Gasteiger partial charge in [0.05, 0.1) is 12.7 Å². The lowest BCUT2D eigenvalue weighted by Crippen LogP contribution is -1.92. The Morgan fingerprint density at radius 1 is 1.45 bits per heavy atom. The molecule has 0 atom stereocenters. The van der Waals surface area contributed by atoms with Crippen molar-refractivity contribution in [2.75, 3.05) is 7.11 Å². The van der Waals surface area contributed by atoms with E-state index in [1.165, 1.54) is 0 Å². The molecule has 0 aliphatic heterocycles. The van der Waals surface area contributed by atoms with Gasteiger partial charge in [0.15, 0.2) is 6.29 Å². The predicted octanol–water partition coefficient (Wildman–Crippen LogP) is 1.82. The zero-order valence-electron chi connectivity index (χ0n) is 6.63. The standard InChI is InChI=1S/C9H10O2/c1-7-4-3-5-9(11-2)8(7)6-10/h3-6H,1-2H3. The van der Waals surface area contributed by atoms with Gasteiger partial charge in [0, 0.05) is 0 Å². The van der Waals surface area contributed by atoms with Crippen molar-refractivity contribution in [2.45, 2.75) is 6.92 Å². The summed E-state index contributed by atoms with van der Waals surface area (Å²) in [6.07, 6.45) is 0.814. The maximum atomic E-state index is 10.5. The number of rotatable bonds is 2. The number of benzene rings is 1. The number of hydrogen-bond donors (Lipinski definition) is 0. The summed E-state index contributed by atoms with van der Waals surface area (Å²) < 4.78 is 4.99. The topological polar surface area (TPSA) is 26.3 Å². The second-order valence-corrected chi connectivity index (χ2v) is 2.31. The molecule has 0 saturated carbocycles. The van der Waals surface area contributed by atoms with E-state index in [0.29, 0.717) is 11.3 Å². The molecule has 2 nitrogen and oxygen atoms in total. The molecule has 0 saturated heterocycles. The van der Waals surface area contributed by atoms with E-state index in [9.17, 15) is 4.79 Å². The van der Waals surface area contributed by atoms with Crippen molar-refractivity contribution in [3.05, 3.63) is 29.3 Å². The van der Waals surface area contributed by atoms with Crippen LogP contribution in [0.3, 0.4) is 0 Å². The Hall–Kier alpha value is -1.31. The molecule has 0 spiro atoms. The third-order valence-corrected chi connectivity index (χ3v) is 1.62. The van der Waals surface area contributed by atoms with Crippen LogP contribution in [0.2, 0.25) is 0 Å². The van der Waals surface area contributed by atoms with Crippen LogP contribution >= 0.6 is 0 Å². The van der Waals surface area contributed by atoms with Gasteiger partial charge < -0.3 is 4.74 Å². The second-order valence-electron chi connectivity index (χ2n) is 2.31. The average molecular weight is 150 g/mol. The number of ether oxygens (including phenoxy) is 1. The van der Waals surface area contributed by atoms with Crippen LogP contribution in [0.5, 0.6) is 5.75 Å². The average Bonchev–Trinajstić information content (AvgIpc) is 2.04. The number of carbonyl (C=O) groups is 1. The number of hydrogen-bond acceptors (Lipinski definition) is 2. The molecule has 0 fully saturated rings. The Bertz CT molecular complexity index is 266. The lowest BCUT2D eigenvalue weighted by Gasteiger charge is -2.04. The predicted molar refractivity (Wildman–Crippen MR) is 43.1 cm³/mol. The third-order valence-electron chi connectivity index (χ3n) is 1.62. The van der Waals surface area contributed by atoms with Gasteiger partial charge in [-0.05, 0) is 18.6 Å². The minimum absolute atomic E-state index is 0.634. The highest BCUT2D eigenvalue weighted by molar-refractivity contribution is 5.81.